The molecule has 0 bridgehead atoms. The number of amides is 4. The maximum Gasteiger partial charge on any atom is 0.326 e. The van der Waals surface area contributed by atoms with E-state index in [1.165, 1.54) is 0 Å². The van der Waals surface area contributed by atoms with Crippen LogP contribution in [-0.2, 0) is 24.0 Å². The van der Waals surface area contributed by atoms with Crippen LogP contribution < -0.4 is 27.4 Å². The number of nitrogens with two attached hydrogens (primary N) is 2. The Morgan fingerprint density at radius 2 is 1.48 bits per heavy atom. The van der Waals surface area contributed by atoms with Gasteiger partial charge in [-0.05, 0) is 12.3 Å². The molecule has 29 heavy (non-hydrogen) atoms. The number of primary amides is 1. The fraction of sp³-hybridized carbons (Fsp3) is 0.688. The Morgan fingerprint density at radius 3 is 1.90 bits per heavy atom. The summed E-state index contributed by atoms with van der Waals surface area (Å²) in [5.41, 5.74) is 10.6. The van der Waals surface area contributed by atoms with Crippen molar-refractivity contribution in [3.63, 3.8) is 0 Å². The van der Waals surface area contributed by atoms with Gasteiger partial charge < -0.3 is 37.6 Å². The number of hydrogen-bond acceptors (Lipinski definition) is 8. The molecule has 0 aromatic rings. The Balaban J connectivity index is 4.95. The minimum Gasteiger partial charge on any atom is -0.480 e. The first-order chi connectivity index (χ1) is 13.4. The number of carboxylic acid groups (broad SMARTS) is 1. The van der Waals surface area contributed by atoms with Gasteiger partial charge in [0.2, 0.25) is 23.6 Å². The Morgan fingerprint density at radius 1 is 0.966 bits per heavy atom. The highest BCUT2D eigenvalue weighted by Crippen LogP contribution is 2.03. The lowest BCUT2D eigenvalue weighted by molar-refractivity contribution is -0.143. The van der Waals surface area contributed by atoms with E-state index in [0.717, 1.165) is 0 Å². The van der Waals surface area contributed by atoms with Gasteiger partial charge in [0.25, 0.3) is 0 Å². The second-order valence-corrected chi connectivity index (χ2v) is 7.03. The monoisotopic (exact) mass is 435 g/mol. The highest BCUT2D eigenvalue weighted by Gasteiger charge is 2.30. The molecular weight excluding hydrogens is 406 g/mol. The average Bonchev–Trinajstić information content (AvgIpc) is 2.64. The van der Waals surface area contributed by atoms with Crippen LogP contribution in [0.3, 0.4) is 0 Å². The van der Waals surface area contributed by atoms with Crippen molar-refractivity contribution in [3.05, 3.63) is 0 Å². The van der Waals surface area contributed by atoms with E-state index < -0.39 is 66.3 Å². The van der Waals surface area contributed by atoms with E-state index in [1.807, 2.05) is 0 Å². The number of thiol groups is 1. The molecule has 9 N–H and O–H groups in total. The number of carbonyl (C=O) groups excluding carboxylic acids is 4. The normalized spacial score (nSPS) is 15.0. The SMILES string of the molecule is CC(C)C(NC(=O)C(CO)NC(=O)C(CS)NC(=O)C(N)CCC(N)=O)C(=O)O. The minimum atomic E-state index is -1.44. The van der Waals surface area contributed by atoms with Crippen molar-refractivity contribution in [2.75, 3.05) is 12.4 Å². The van der Waals surface area contributed by atoms with Gasteiger partial charge in [-0.2, -0.15) is 12.6 Å². The number of aliphatic carboxylic acids is 1. The lowest BCUT2D eigenvalue weighted by Crippen LogP contribution is -2.59. The van der Waals surface area contributed by atoms with Gasteiger partial charge in [-0.3, -0.25) is 19.2 Å². The number of aliphatic hydroxyl groups is 1. The molecule has 0 radical (unpaired) electrons. The van der Waals surface area contributed by atoms with E-state index >= 15 is 0 Å². The van der Waals surface area contributed by atoms with Crippen molar-refractivity contribution < 1.29 is 34.2 Å². The Kier molecular flexibility index (Phi) is 11.9. The van der Waals surface area contributed by atoms with E-state index in [-0.39, 0.29) is 18.6 Å². The van der Waals surface area contributed by atoms with Crippen LogP contribution in [-0.4, -0.2) is 76.3 Å². The largest absolute Gasteiger partial charge is 0.480 e. The third-order valence-corrected chi connectivity index (χ3v) is 4.27. The summed E-state index contributed by atoms with van der Waals surface area (Å²) < 4.78 is 0. The Bertz CT molecular complexity index is 616. The van der Waals surface area contributed by atoms with Crippen molar-refractivity contribution in [2.24, 2.45) is 17.4 Å². The fourth-order valence-electron chi connectivity index (χ4n) is 2.14. The molecule has 0 heterocycles. The van der Waals surface area contributed by atoms with Crippen molar-refractivity contribution in [2.45, 2.75) is 50.9 Å². The summed E-state index contributed by atoms with van der Waals surface area (Å²) in [5, 5.41) is 25.3. The predicted octanol–water partition coefficient (Wildman–Crippen LogP) is -3.30. The van der Waals surface area contributed by atoms with E-state index in [0.29, 0.717) is 0 Å². The van der Waals surface area contributed by atoms with Crippen LogP contribution in [0, 0.1) is 5.92 Å². The number of rotatable bonds is 13. The second-order valence-electron chi connectivity index (χ2n) is 6.67. The van der Waals surface area contributed by atoms with Crippen LogP contribution >= 0.6 is 12.6 Å². The molecule has 166 valence electrons. The molecule has 12 nitrogen and oxygen atoms in total. The van der Waals surface area contributed by atoms with Gasteiger partial charge in [-0.15, -0.1) is 0 Å². The molecule has 4 unspecified atom stereocenters. The van der Waals surface area contributed by atoms with Crippen LogP contribution in [0.4, 0.5) is 0 Å². The summed E-state index contributed by atoms with van der Waals surface area (Å²) in [6.07, 6.45) is -0.130. The molecule has 0 aliphatic carbocycles. The van der Waals surface area contributed by atoms with Gasteiger partial charge in [0.1, 0.15) is 18.1 Å². The lowest BCUT2D eigenvalue weighted by Gasteiger charge is -2.24. The van der Waals surface area contributed by atoms with Crippen LogP contribution in [0.5, 0.6) is 0 Å². The highest BCUT2D eigenvalue weighted by atomic mass is 32.1. The number of carboxylic acids is 1. The summed E-state index contributed by atoms with van der Waals surface area (Å²) in [7, 11) is 0. The molecule has 0 spiro atoms. The van der Waals surface area contributed by atoms with Gasteiger partial charge in [0.15, 0.2) is 0 Å². The molecule has 0 aromatic carbocycles. The first-order valence-electron chi connectivity index (χ1n) is 8.84. The van der Waals surface area contributed by atoms with Crippen LogP contribution in [0.25, 0.3) is 0 Å². The lowest BCUT2D eigenvalue weighted by atomic mass is 10.0. The van der Waals surface area contributed by atoms with Gasteiger partial charge >= 0.3 is 5.97 Å². The average molecular weight is 436 g/mol. The first-order valence-corrected chi connectivity index (χ1v) is 9.47. The summed E-state index contributed by atoms with van der Waals surface area (Å²) in [4.78, 5) is 58.5. The molecule has 0 aliphatic rings. The number of aliphatic hydroxyl groups excluding tert-OH is 1. The smallest absolute Gasteiger partial charge is 0.326 e. The quantitative estimate of drug-likeness (QED) is 0.137. The standard InChI is InChI=1S/C16H29N5O7S/c1-7(2)12(16(27)28)21-14(25)9(5-22)19-15(26)10(6-29)20-13(24)8(17)3-4-11(18)23/h7-10,12,22,29H,3-6,17H2,1-2H3,(H2,18,23)(H,19,26)(H,20,24)(H,21,25)(H,27,28). The van der Waals surface area contributed by atoms with Gasteiger partial charge in [0, 0.05) is 12.2 Å². The van der Waals surface area contributed by atoms with Crippen molar-refractivity contribution in [1.29, 1.82) is 0 Å². The van der Waals surface area contributed by atoms with E-state index in [4.69, 9.17) is 16.6 Å². The molecule has 0 aliphatic heterocycles. The molecule has 13 heteroatoms. The zero-order valence-electron chi connectivity index (χ0n) is 16.3. The molecule has 4 amide bonds. The topological polar surface area (TPSA) is 214 Å². The third-order valence-electron chi connectivity index (χ3n) is 3.90. The maximum atomic E-state index is 12.3. The Labute approximate surface area is 173 Å². The van der Waals surface area contributed by atoms with Gasteiger partial charge in [0.05, 0.1) is 12.6 Å². The van der Waals surface area contributed by atoms with E-state index in [2.05, 4.69) is 28.6 Å². The molecule has 0 saturated heterocycles. The van der Waals surface area contributed by atoms with Gasteiger partial charge in [-0.25, -0.2) is 4.79 Å². The predicted molar refractivity (Wildman–Crippen MR) is 106 cm³/mol. The zero-order valence-corrected chi connectivity index (χ0v) is 17.1. The molecule has 0 fully saturated rings. The summed E-state index contributed by atoms with van der Waals surface area (Å²) in [5.74, 6) is -4.93. The van der Waals surface area contributed by atoms with Crippen LogP contribution in [0.15, 0.2) is 0 Å². The summed E-state index contributed by atoms with van der Waals surface area (Å²) in [6, 6.07) is -4.92. The van der Waals surface area contributed by atoms with Crippen molar-refractivity contribution in [3.8, 4) is 0 Å². The molecule has 0 rings (SSSR count). The minimum absolute atomic E-state index is 0.0183. The Hall–Kier alpha value is -2.38. The number of hydrogen-bond donors (Lipinski definition) is 8. The zero-order chi connectivity index (χ0) is 22.7. The van der Waals surface area contributed by atoms with Gasteiger partial charge in [-0.1, -0.05) is 13.8 Å². The molecular formula is C16H29N5O7S. The first kappa shape index (κ1) is 26.6. The molecule has 0 saturated carbocycles. The highest BCUT2D eigenvalue weighted by molar-refractivity contribution is 7.80. The van der Waals surface area contributed by atoms with Crippen LogP contribution in [0.2, 0.25) is 0 Å². The van der Waals surface area contributed by atoms with Crippen molar-refractivity contribution in [1.82, 2.24) is 16.0 Å². The maximum absolute atomic E-state index is 12.3. The second kappa shape index (κ2) is 13.0. The number of carbonyl (C=O) groups is 5. The van der Waals surface area contributed by atoms with E-state index in [1.54, 1.807) is 13.8 Å². The van der Waals surface area contributed by atoms with Crippen LogP contribution in [0.1, 0.15) is 26.7 Å². The van der Waals surface area contributed by atoms with Crippen molar-refractivity contribution >= 4 is 42.2 Å². The summed E-state index contributed by atoms with van der Waals surface area (Å²) >= 11 is 3.96. The third kappa shape index (κ3) is 9.58. The summed E-state index contributed by atoms with van der Waals surface area (Å²) in [6.45, 7) is 2.37. The number of nitrogens with one attached hydrogen (secondary N) is 3. The van der Waals surface area contributed by atoms with E-state index in [9.17, 15) is 29.1 Å². The molecule has 0 aromatic heterocycles. The molecule has 4 atom stereocenters. The fourth-order valence-corrected chi connectivity index (χ4v) is 2.39.